The van der Waals surface area contributed by atoms with Gasteiger partial charge >= 0.3 is 0 Å². The lowest BCUT2D eigenvalue weighted by molar-refractivity contribution is -0.344. The second-order valence-corrected chi connectivity index (χ2v) is 21.2. The third-order valence-corrected chi connectivity index (χ3v) is 17.8. The van der Waals surface area contributed by atoms with Gasteiger partial charge in [0.25, 0.3) is 0 Å². The molecule has 9 rings (SSSR count). The van der Waals surface area contributed by atoms with Gasteiger partial charge in [-0.2, -0.15) is 0 Å². The van der Waals surface area contributed by atoms with Crippen molar-refractivity contribution in [3.05, 3.63) is 0 Å². The highest BCUT2D eigenvalue weighted by molar-refractivity contribution is 5.83. The first-order chi connectivity index (χ1) is 29.8. The van der Waals surface area contributed by atoms with E-state index in [1.54, 1.807) is 0 Å². The highest BCUT2D eigenvalue weighted by Crippen LogP contribution is 2.71. The van der Waals surface area contributed by atoms with E-state index in [0.717, 1.165) is 25.7 Å². The van der Waals surface area contributed by atoms with E-state index in [-0.39, 0.29) is 71.4 Å². The molecule has 27 atom stereocenters. The molecule has 0 unspecified atom stereocenters. The van der Waals surface area contributed by atoms with Gasteiger partial charge in [-0.3, -0.25) is 4.79 Å². The molecule has 0 bridgehead atoms. The molecule has 0 aromatic heterocycles. The zero-order valence-corrected chi connectivity index (χ0v) is 36.5. The molecular weight excluding hydrogens is 832 g/mol. The summed E-state index contributed by atoms with van der Waals surface area (Å²) in [7, 11) is 0. The monoisotopic (exact) mass is 902 g/mol. The quantitative estimate of drug-likeness (QED) is 0.119. The predicted octanol–water partition coefficient (Wildman–Crippen LogP) is -1.94. The summed E-state index contributed by atoms with van der Waals surface area (Å²) in [6.45, 7) is 7.91. The smallest absolute Gasteiger partial charge is 0.186 e. The molecule has 0 amide bonds. The summed E-state index contributed by atoms with van der Waals surface area (Å²) < 4.78 is 48.7. The van der Waals surface area contributed by atoms with Gasteiger partial charge in [0.2, 0.25) is 0 Å². The summed E-state index contributed by atoms with van der Waals surface area (Å²) in [6, 6.07) is 0. The zero-order chi connectivity index (χ0) is 45.1. The number of rotatable bonds is 8. The molecule has 19 nitrogen and oxygen atoms in total. The number of ether oxygens (including phenoxy) is 8. The number of aliphatic hydroxyl groups excluding tert-OH is 10. The van der Waals surface area contributed by atoms with Crippen LogP contribution in [-0.4, -0.2) is 193 Å². The Morgan fingerprint density at radius 1 is 0.714 bits per heavy atom. The van der Waals surface area contributed by atoms with Crippen molar-refractivity contribution in [1.29, 1.82) is 0 Å². The van der Waals surface area contributed by atoms with Gasteiger partial charge in [0.05, 0.1) is 44.7 Å². The van der Waals surface area contributed by atoms with Crippen LogP contribution in [0.15, 0.2) is 0 Å². The lowest BCUT2D eigenvalue weighted by Gasteiger charge is -2.60. The zero-order valence-electron chi connectivity index (χ0n) is 36.5. The first kappa shape index (κ1) is 47.0. The number of Topliss-reactive ketones (excluding diaryl/α,β-unsaturated/α-hetero) is 1. The van der Waals surface area contributed by atoms with Crippen LogP contribution in [0.1, 0.15) is 79.1 Å². The Kier molecular flexibility index (Phi) is 13.0. The number of aliphatic hydroxyl groups is 10. The molecule has 360 valence electrons. The number of ketones is 1. The summed E-state index contributed by atoms with van der Waals surface area (Å²) in [6.07, 6.45) is -15.6. The van der Waals surface area contributed by atoms with E-state index in [0.29, 0.717) is 38.2 Å². The van der Waals surface area contributed by atoms with Crippen LogP contribution in [0.4, 0.5) is 0 Å². The lowest BCUT2D eigenvalue weighted by Crippen LogP contribution is -2.61. The average molecular weight is 903 g/mol. The fraction of sp³-hybridized carbons (Fsp3) is 0.977. The maximum atomic E-state index is 14.4. The fourth-order valence-corrected chi connectivity index (χ4v) is 14.1. The number of carbonyl (C=O) groups excluding carboxylic acids is 1. The van der Waals surface area contributed by atoms with E-state index >= 15 is 0 Å². The van der Waals surface area contributed by atoms with E-state index in [2.05, 4.69) is 20.8 Å². The van der Waals surface area contributed by atoms with Gasteiger partial charge in [-0.15, -0.1) is 0 Å². The molecule has 0 aromatic carbocycles. The van der Waals surface area contributed by atoms with Crippen LogP contribution in [0.2, 0.25) is 0 Å². The highest BCUT2D eigenvalue weighted by Gasteiger charge is 2.70. The fourth-order valence-electron chi connectivity index (χ4n) is 14.1. The molecule has 10 N–H and O–H groups in total. The molecule has 4 aliphatic carbocycles. The Morgan fingerprint density at radius 3 is 2.08 bits per heavy atom. The number of fused-ring (bicyclic) bond motifs is 7. The number of carbonyl (C=O) groups is 1. The maximum absolute atomic E-state index is 14.4. The Labute approximate surface area is 366 Å². The summed E-state index contributed by atoms with van der Waals surface area (Å²) in [5.41, 5.74) is -0.387. The molecule has 4 saturated carbocycles. The van der Waals surface area contributed by atoms with E-state index in [4.69, 9.17) is 37.9 Å². The summed E-state index contributed by atoms with van der Waals surface area (Å²) in [5, 5.41) is 104. The van der Waals surface area contributed by atoms with Crippen molar-refractivity contribution in [2.45, 2.75) is 189 Å². The van der Waals surface area contributed by atoms with Gasteiger partial charge in [-0.05, 0) is 73.0 Å². The lowest BCUT2D eigenvalue weighted by atomic mass is 9.44. The first-order valence-corrected chi connectivity index (χ1v) is 23.2. The van der Waals surface area contributed by atoms with E-state index in [1.807, 2.05) is 6.92 Å². The molecule has 5 heterocycles. The van der Waals surface area contributed by atoms with Crippen LogP contribution in [0.25, 0.3) is 0 Å². The van der Waals surface area contributed by atoms with Gasteiger partial charge in [0.1, 0.15) is 72.9 Å². The number of hydrogen-bond donors (Lipinski definition) is 10. The Balaban J connectivity index is 0.832. The van der Waals surface area contributed by atoms with Crippen LogP contribution in [0.3, 0.4) is 0 Å². The van der Waals surface area contributed by atoms with Crippen molar-refractivity contribution < 1.29 is 93.8 Å². The van der Waals surface area contributed by atoms with Gasteiger partial charge in [-0.1, -0.05) is 27.7 Å². The molecule has 19 heteroatoms. The van der Waals surface area contributed by atoms with Crippen LogP contribution in [0, 0.1) is 52.3 Å². The van der Waals surface area contributed by atoms with Crippen molar-refractivity contribution in [2.24, 2.45) is 52.3 Å². The molecule has 9 fully saturated rings. The van der Waals surface area contributed by atoms with Crippen LogP contribution < -0.4 is 0 Å². The van der Waals surface area contributed by atoms with Crippen molar-refractivity contribution >= 4 is 5.78 Å². The molecule has 5 aliphatic heterocycles. The van der Waals surface area contributed by atoms with Crippen molar-refractivity contribution in [3.8, 4) is 0 Å². The SMILES string of the molecule is C[C@H]1CO[C@]2(C[C@@H]1O[C@@H]1O[C@H](CO)[C@@H](O)[C@H](O)[C@H]1O)O[C@H]1C[C@@H]3[C@@H]4CC(=O)[C@H]5C[C@H](O[C@@H]6O[C@H](CO[C@@H]7OC[C@H](O)[C@H](O)[C@H]7O)[C@@H](O)[C@H](O)[C@H]6O)CC[C@@]5(C)[C@H]4CC[C@@]3(C)[C@H]1[C@@H]2C. The third kappa shape index (κ3) is 7.78. The second kappa shape index (κ2) is 17.5. The second-order valence-electron chi connectivity index (χ2n) is 21.2. The minimum Gasteiger partial charge on any atom is -0.394 e. The van der Waals surface area contributed by atoms with Crippen molar-refractivity contribution in [2.75, 3.05) is 26.4 Å². The summed E-state index contributed by atoms with van der Waals surface area (Å²) >= 11 is 0. The molecular formula is C44H70O19. The maximum Gasteiger partial charge on any atom is 0.186 e. The van der Waals surface area contributed by atoms with Gasteiger partial charge < -0.3 is 89.0 Å². The summed E-state index contributed by atoms with van der Waals surface area (Å²) in [5.74, 6) is -0.228. The van der Waals surface area contributed by atoms with E-state index in [1.165, 1.54) is 0 Å². The minimum atomic E-state index is -1.64. The molecule has 63 heavy (non-hydrogen) atoms. The minimum absolute atomic E-state index is 0.0186. The normalized spacial score (nSPS) is 58.2. The Morgan fingerprint density at radius 2 is 1.37 bits per heavy atom. The largest absolute Gasteiger partial charge is 0.394 e. The molecule has 5 saturated heterocycles. The molecule has 1 spiro atoms. The molecule has 9 aliphatic rings. The third-order valence-electron chi connectivity index (χ3n) is 17.8. The highest BCUT2D eigenvalue weighted by atomic mass is 16.7. The first-order valence-electron chi connectivity index (χ1n) is 23.2. The topological polar surface area (TPSA) is 293 Å². The molecule has 0 aromatic rings. The standard InChI is InChI=1S/C44H70O19/c1-17-14-58-44(12-27(17)60-41-38(55)34(51)32(49)28(13-45)61-41)18(2)30-26(63-44)11-22-20-10-24(46)23-9-19(5-7-42(23,3)21(20)6-8-43(22,30)4)59-40-37(54)35(52)33(50)29(62-40)16-57-39-36(53)31(48)25(47)15-56-39/h17-23,25-41,45,47-55H,5-16H2,1-4H3/t17-,18-,19+,20+,21-,22+,23+,25-,26-,27-,28+,29+,30-,31-,32+,33+,34-,35-,36+,37+,38+,39-,40+,41+,42-,43+,44+/m0/s1. The van der Waals surface area contributed by atoms with Crippen molar-refractivity contribution in [3.63, 3.8) is 0 Å². The Hall–Kier alpha value is -1.05. The Bertz CT molecular complexity index is 1640. The van der Waals surface area contributed by atoms with Gasteiger partial charge in [0, 0.05) is 30.6 Å². The van der Waals surface area contributed by atoms with Gasteiger partial charge in [-0.25, -0.2) is 0 Å². The van der Waals surface area contributed by atoms with E-state index < -0.39 is 111 Å². The van der Waals surface area contributed by atoms with Crippen LogP contribution in [-0.2, 0) is 42.7 Å². The van der Waals surface area contributed by atoms with Crippen molar-refractivity contribution in [1.82, 2.24) is 0 Å². The van der Waals surface area contributed by atoms with E-state index in [9.17, 15) is 55.9 Å². The average Bonchev–Trinajstić information content (AvgIpc) is 3.70. The van der Waals surface area contributed by atoms with Crippen LogP contribution in [0.5, 0.6) is 0 Å². The van der Waals surface area contributed by atoms with Crippen LogP contribution >= 0.6 is 0 Å². The number of hydrogen-bond acceptors (Lipinski definition) is 19. The molecule has 0 radical (unpaired) electrons. The predicted molar refractivity (Wildman–Crippen MR) is 211 cm³/mol. The summed E-state index contributed by atoms with van der Waals surface area (Å²) in [4.78, 5) is 14.4. The van der Waals surface area contributed by atoms with Gasteiger partial charge in [0.15, 0.2) is 24.7 Å².